The monoisotopic (exact) mass is 269 g/mol. The molecule has 104 valence electrons. The van der Waals surface area contributed by atoms with Gasteiger partial charge in [-0.3, -0.25) is 4.68 Å². The lowest BCUT2D eigenvalue weighted by Crippen LogP contribution is -2.22. The smallest absolute Gasteiger partial charge is 0.0926 e. The summed E-state index contributed by atoms with van der Waals surface area (Å²) < 4.78 is 2.00. The highest BCUT2D eigenvalue weighted by atomic mass is 32.2. The summed E-state index contributed by atoms with van der Waals surface area (Å²) in [5.74, 6) is 1.68. The first-order valence-corrected chi connectivity index (χ1v) is 7.84. The second-order valence-corrected chi connectivity index (χ2v) is 8.09. The Balaban J connectivity index is 2.52. The van der Waals surface area contributed by atoms with Gasteiger partial charge in [0, 0.05) is 18.5 Å². The van der Waals surface area contributed by atoms with E-state index in [1.54, 1.807) is 0 Å². The molecule has 1 heterocycles. The molecule has 3 nitrogen and oxygen atoms in total. The summed E-state index contributed by atoms with van der Waals surface area (Å²) in [5.41, 5.74) is 1.37. The van der Waals surface area contributed by atoms with Gasteiger partial charge in [0.25, 0.3) is 0 Å². The molecular weight excluding hydrogens is 242 g/mol. The maximum Gasteiger partial charge on any atom is 0.0926 e. The van der Waals surface area contributed by atoms with Crippen molar-refractivity contribution in [3.8, 4) is 0 Å². The number of nitrogens with zero attached hydrogens (tertiary/aromatic N) is 3. The molecule has 0 aromatic carbocycles. The molecule has 0 amide bonds. The molecule has 0 N–H and O–H groups in total. The topological polar surface area (TPSA) is 30.7 Å². The molecule has 1 rings (SSSR count). The summed E-state index contributed by atoms with van der Waals surface area (Å²) in [6.45, 7) is 14.5. The standard InChI is InChI=1S/C14H27N3S/c1-11(2)7-14(5,6)10-17-8-13(15-16-17)9-18-12(3)4/h8,11-12H,7,9-10H2,1-6H3. The van der Waals surface area contributed by atoms with Crippen LogP contribution < -0.4 is 0 Å². The summed E-state index contributed by atoms with van der Waals surface area (Å²) in [7, 11) is 0. The maximum atomic E-state index is 4.24. The van der Waals surface area contributed by atoms with E-state index in [1.165, 1.54) is 6.42 Å². The molecule has 0 atom stereocenters. The van der Waals surface area contributed by atoms with Crippen LogP contribution >= 0.6 is 11.8 Å². The van der Waals surface area contributed by atoms with E-state index in [0.717, 1.165) is 23.9 Å². The third kappa shape index (κ3) is 5.89. The van der Waals surface area contributed by atoms with Gasteiger partial charge in [-0.25, -0.2) is 0 Å². The van der Waals surface area contributed by atoms with E-state index in [1.807, 2.05) is 16.4 Å². The fourth-order valence-corrected chi connectivity index (χ4v) is 2.98. The van der Waals surface area contributed by atoms with Crippen molar-refractivity contribution in [2.45, 2.75) is 65.5 Å². The molecule has 0 saturated heterocycles. The summed E-state index contributed by atoms with van der Waals surface area (Å²) in [6.07, 6.45) is 3.31. The Bertz CT molecular complexity index is 356. The van der Waals surface area contributed by atoms with Gasteiger partial charge in [-0.15, -0.1) is 5.10 Å². The molecule has 0 aliphatic rings. The Morgan fingerprint density at radius 3 is 2.50 bits per heavy atom. The van der Waals surface area contributed by atoms with Crippen LogP contribution in [0.1, 0.15) is 53.7 Å². The summed E-state index contributed by atoms with van der Waals surface area (Å²) in [5, 5.41) is 9.13. The first-order chi connectivity index (χ1) is 8.28. The van der Waals surface area contributed by atoms with E-state index in [-0.39, 0.29) is 5.41 Å². The summed E-state index contributed by atoms with van der Waals surface area (Å²) >= 11 is 1.91. The second-order valence-electron chi connectivity index (χ2n) is 6.53. The molecule has 0 fully saturated rings. The number of hydrogen-bond donors (Lipinski definition) is 0. The third-order valence-corrected chi connectivity index (χ3v) is 3.83. The Morgan fingerprint density at radius 1 is 1.28 bits per heavy atom. The number of thioether (sulfide) groups is 1. The van der Waals surface area contributed by atoms with Gasteiger partial charge in [0.2, 0.25) is 0 Å². The molecule has 1 aromatic rings. The van der Waals surface area contributed by atoms with Crippen molar-refractivity contribution < 1.29 is 0 Å². The lowest BCUT2D eigenvalue weighted by molar-refractivity contribution is 0.233. The van der Waals surface area contributed by atoms with Gasteiger partial charge in [-0.1, -0.05) is 46.8 Å². The quantitative estimate of drug-likeness (QED) is 0.750. The first-order valence-electron chi connectivity index (χ1n) is 6.79. The molecular formula is C14H27N3S. The van der Waals surface area contributed by atoms with E-state index in [2.05, 4.69) is 58.1 Å². The van der Waals surface area contributed by atoms with Crippen LogP contribution in [0.2, 0.25) is 0 Å². The molecule has 0 saturated carbocycles. The van der Waals surface area contributed by atoms with Crippen molar-refractivity contribution in [1.29, 1.82) is 0 Å². The molecule has 0 radical (unpaired) electrons. The van der Waals surface area contributed by atoms with E-state index >= 15 is 0 Å². The van der Waals surface area contributed by atoms with Crippen molar-refractivity contribution >= 4 is 11.8 Å². The Morgan fingerprint density at radius 2 is 1.94 bits per heavy atom. The van der Waals surface area contributed by atoms with E-state index in [4.69, 9.17) is 0 Å². The summed E-state index contributed by atoms with van der Waals surface area (Å²) in [4.78, 5) is 0. The van der Waals surface area contributed by atoms with Crippen LogP contribution in [0.5, 0.6) is 0 Å². The molecule has 0 spiro atoms. The molecule has 4 heteroatoms. The van der Waals surface area contributed by atoms with Gasteiger partial charge < -0.3 is 0 Å². The SMILES string of the molecule is CC(C)CC(C)(C)Cn1cc(CSC(C)C)nn1. The van der Waals surface area contributed by atoms with Crippen LogP contribution in [0.3, 0.4) is 0 Å². The Kier molecular flexibility index (Phi) is 5.70. The molecule has 18 heavy (non-hydrogen) atoms. The molecule has 0 aliphatic carbocycles. The lowest BCUT2D eigenvalue weighted by atomic mass is 9.84. The Hall–Kier alpha value is -0.510. The average molecular weight is 269 g/mol. The van der Waals surface area contributed by atoms with E-state index in [9.17, 15) is 0 Å². The highest BCUT2D eigenvalue weighted by Crippen LogP contribution is 2.27. The molecule has 1 aromatic heterocycles. The molecule has 0 unspecified atom stereocenters. The van der Waals surface area contributed by atoms with Gasteiger partial charge >= 0.3 is 0 Å². The van der Waals surface area contributed by atoms with Gasteiger partial charge in [0.1, 0.15) is 0 Å². The highest BCUT2D eigenvalue weighted by Gasteiger charge is 2.20. The maximum absolute atomic E-state index is 4.24. The van der Waals surface area contributed by atoms with Crippen molar-refractivity contribution in [3.05, 3.63) is 11.9 Å². The number of hydrogen-bond acceptors (Lipinski definition) is 3. The zero-order valence-electron chi connectivity index (χ0n) is 12.6. The summed E-state index contributed by atoms with van der Waals surface area (Å²) in [6, 6.07) is 0. The fraction of sp³-hybridized carbons (Fsp3) is 0.857. The minimum Gasteiger partial charge on any atom is -0.252 e. The highest BCUT2D eigenvalue weighted by molar-refractivity contribution is 7.99. The van der Waals surface area contributed by atoms with Crippen LogP contribution in [0.15, 0.2) is 6.20 Å². The predicted octanol–water partition coefficient (Wildman–Crippen LogP) is 3.99. The van der Waals surface area contributed by atoms with E-state index in [0.29, 0.717) is 5.25 Å². The van der Waals surface area contributed by atoms with Crippen LogP contribution in [0.25, 0.3) is 0 Å². The third-order valence-electron chi connectivity index (χ3n) is 2.70. The predicted molar refractivity (Wildman–Crippen MR) is 79.7 cm³/mol. The van der Waals surface area contributed by atoms with Crippen LogP contribution in [-0.4, -0.2) is 20.2 Å². The minimum absolute atomic E-state index is 0.282. The zero-order chi connectivity index (χ0) is 13.8. The van der Waals surface area contributed by atoms with E-state index < -0.39 is 0 Å². The van der Waals surface area contributed by atoms with Gasteiger partial charge in [-0.05, 0) is 23.0 Å². The minimum atomic E-state index is 0.282. The average Bonchev–Trinajstić information content (AvgIpc) is 2.59. The Labute approximate surface area is 116 Å². The van der Waals surface area contributed by atoms with Crippen LogP contribution in [-0.2, 0) is 12.3 Å². The molecule has 0 bridgehead atoms. The van der Waals surface area contributed by atoms with Crippen LogP contribution in [0.4, 0.5) is 0 Å². The zero-order valence-corrected chi connectivity index (χ0v) is 13.4. The van der Waals surface area contributed by atoms with Gasteiger partial charge in [-0.2, -0.15) is 11.8 Å². The molecule has 0 aliphatic heterocycles. The van der Waals surface area contributed by atoms with Crippen molar-refractivity contribution in [2.75, 3.05) is 0 Å². The number of rotatable bonds is 7. The van der Waals surface area contributed by atoms with Gasteiger partial charge in [0.05, 0.1) is 5.69 Å². The van der Waals surface area contributed by atoms with Crippen LogP contribution in [0, 0.1) is 11.3 Å². The first kappa shape index (κ1) is 15.5. The van der Waals surface area contributed by atoms with Crippen molar-refractivity contribution in [3.63, 3.8) is 0 Å². The van der Waals surface area contributed by atoms with Gasteiger partial charge in [0.15, 0.2) is 0 Å². The normalized spacial score (nSPS) is 12.7. The second kappa shape index (κ2) is 6.60. The lowest BCUT2D eigenvalue weighted by Gasteiger charge is -2.26. The largest absolute Gasteiger partial charge is 0.252 e. The fourth-order valence-electron chi connectivity index (χ4n) is 2.34. The number of aromatic nitrogens is 3. The van der Waals surface area contributed by atoms with Crippen molar-refractivity contribution in [1.82, 2.24) is 15.0 Å². The van der Waals surface area contributed by atoms with Crippen molar-refractivity contribution in [2.24, 2.45) is 11.3 Å².